The number of rotatable bonds is 0. The highest BCUT2D eigenvalue weighted by Gasteiger charge is 2.18. The molecule has 1 aromatic heterocycles. The average Bonchev–Trinajstić information content (AvgIpc) is 2.37. The molecule has 0 fully saturated rings. The largest absolute Gasteiger partial charge is 0.618 e. The Morgan fingerprint density at radius 3 is 2.37 bits per heavy atom. The lowest BCUT2D eigenvalue weighted by molar-refractivity contribution is -0.548. The monoisotopic (exact) mass is 252 g/mol. The fourth-order valence-electron chi connectivity index (χ4n) is 2.24. The van der Waals surface area contributed by atoms with E-state index in [1.165, 1.54) is 0 Å². The first-order valence-electron chi connectivity index (χ1n) is 6.39. The third kappa shape index (κ3) is 1.91. The summed E-state index contributed by atoms with van der Waals surface area (Å²) in [5.74, 6) is 0. The summed E-state index contributed by atoms with van der Waals surface area (Å²) in [5, 5.41) is 12.4. The number of aromatic nitrogens is 2. The molecule has 1 heterocycles. The van der Waals surface area contributed by atoms with Crippen LogP contribution in [0.4, 0.5) is 0 Å². The fourth-order valence-corrected chi connectivity index (χ4v) is 2.24. The Morgan fingerprint density at radius 2 is 1.63 bits per heavy atom. The van der Waals surface area contributed by atoms with Gasteiger partial charge in [0.05, 0.1) is 0 Å². The maximum atomic E-state index is 12.4. The van der Waals surface area contributed by atoms with E-state index in [1.807, 2.05) is 36.4 Å². The van der Waals surface area contributed by atoms with Gasteiger partial charge >= 0.3 is 0 Å². The molecule has 0 N–H and O–H groups in total. The number of benzene rings is 2. The molecule has 3 nitrogen and oxygen atoms in total. The lowest BCUT2D eigenvalue weighted by Gasteiger charge is -2.18. The quantitative estimate of drug-likeness (QED) is 0.350. The van der Waals surface area contributed by atoms with E-state index >= 15 is 0 Å². The maximum absolute atomic E-state index is 12.4. The minimum atomic E-state index is 0.0207. The van der Waals surface area contributed by atoms with Crippen molar-refractivity contribution in [2.45, 2.75) is 26.2 Å². The second-order valence-electron chi connectivity index (χ2n) is 5.85. The van der Waals surface area contributed by atoms with Gasteiger partial charge in [-0.05, 0) is 23.1 Å². The first kappa shape index (κ1) is 11.9. The molecule has 0 aliphatic heterocycles. The standard InChI is InChI=1S/C16H16N2O/c1-16(2,3)11-8-9-13-15(10-11)18(19)14-7-5-4-6-12(14)17-13/h4-10H,1-3H3. The molecule has 0 unspecified atom stereocenters. The van der Waals surface area contributed by atoms with Gasteiger partial charge in [-0.3, -0.25) is 0 Å². The molecule has 0 aliphatic carbocycles. The van der Waals surface area contributed by atoms with E-state index in [4.69, 9.17) is 0 Å². The number of para-hydroxylation sites is 2. The van der Waals surface area contributed by atoms with Crippen LogP contribution < -0.4 is 4.73 Å². The van der Waals surface area contributed by atoms with Crippen LogP contribution in [0.15, 0.2) is 42.5 Å². The predicted octanol–water partition coefficient (Wildman–Crippen LogP) is 3.32. The van der Waals surface area contributed by atoms with Gasteiger partial charge in [0.2, 0.25) is 11.0 Å². The van der Waals surface area contributed by atoms with Crippen LogP contribution >= 0.6 is 0 Å². The van der Waals surface area contributed by atoms with E-state index in [0.29, 0.717) is 11.0 Å². The zero-order chi connectivity index (χ0) is 13.6. The summed E-state index contributed by atoms with van der Waals surface area (Å²) in [4.78, 5) is 4.54. The molecule has 0 atom stereocenters. The minimum absolute atomic E-state index is 0.0207. The second-order valence-corrected chi connectivity index (χ2v) is 5.85. The van der Waals surface area contributed by atoms with E-state index in [2.05, 4.69) is 25.8 Å². The molecule has 0 bridgehead atoms. The van der Waals surface area contributed by atoms with Crippen LogP contribution in [0.25, 0.3) is 22.1 Å². The average molecular weight is 252 g/mol. The van der Waals surface area contributed by atoms with Gasteiger partial charge in [-0.25, -0.2) is 4.98 Å². The topological polar surface area (TPSA) is 39.8 Å². The molecule has 0 amide bonds. The van der Waals surface area contributed by atoms with Gasteiger partial charge < -0.3 is 5.21 Å². The summed E-state index contributed by atoms with van der Waals surface area (Å²) in [6, 6.07) is 13.3. The summed E-state index contributed by atoms with van der Waals surface area (Å²) >= 11 is 0. The number of hydrogen-bond donors (Lipinski definition) is 0. The Kier molecular flexibility index (Phi) is 2.45. The Morgan fingerprint density at radius 1 is 0.947 bits per heavy atom. The molecule has 0 radical (unpaired) electrons. The fraction of sp³-hybridized carbons (Fsp3) is 0.250. The Hall–Kier alpha value is -2.16. The van der Waals surface area contributed by atoms with Crippen molar-refractivity contribution >= 4 is 22.1 Å². The zero-order valence-corrected chi connectivity index (χ0v) is 11.3. The molecule has 3 rings (SSSR count). The third-order valence-electron chi connectivity index (χ3n) is 3.40. The van der Waals surface area contributed by atoms with E-state index in [1.54, 1.807) is 6.07 Å². The summed E-state index contributed by atoms with van der Waals surface area (Å²) < 4.78 is 0.979. The molecule has 0 aliphatic rings. The van der Waals surface area contributed by atoms with Crippen LogP contribution in [0.1, 0.15) is 26.3 Å². The number of fused-ring (bicyclic) bond motifs is 2. The highest BCUT2D eigenvalue weighted by Crippen LogP contribution is 2.25. The van der Waals surface area contributed by atoms with Crippen molar-refractivity contribution in [2.75, 3.05) is 0 Å². The van der Waals surface area contributed by atoms with Crippen molar-refractivity contribution in [2.24, 2.45) is 0 Å². The van der Waals surface area contributed by atoms with Gasteiger partial charge in [-0.1, -0.05) is 39.0 Å². The second kappa shape index (κ2) is 3.92. The van der Waals surface area contributed by atoms with E-state index < -0.39 is 0 Å². The lowest BCUT2D eigenvalue weighted by atomic mass is 9.87. The highest BCUT2D eigenvalue weighted by atomic mass is 16.5. The number of hydrogen-bond acceptors (Lipinski definition) is 2. The number of nitrogens with zero attached hydrogens (tertiary/aromatic N) is 2. The third-order valence-corrected chi connectivity index (χ3v) is 3.40. The van der Waals surface area contributed by atoms with Crippen molar-refractivity contribution in [3.05, 3.63) is 53.2 Å². The molecule has 0 saturated carbocycles. The SMILES string of the molecule is CC(C)(C)c1ccc2nc3ccccc3[n+]([O-])c2c1. The van der Waals surface area contributed by atoms with E-state index in [-0.39, 0.29) is 5.41 Å². The highest BCUT2D eigenvalue weighted by molar-refractivity contribution is 5.81. The first-order valence-corrected chi connectivity index (χ1v) is 6.39. The van der Waals surface area contributed by atoms with Gasteiger partial charge in [-0.2, -0.15) is 4.73 Å². The smallest absolute Gasteiger partial charge is 0.243 e. The van der Waals surface area contributed by atoms with Crippen LogP contribution in [0.3, 0.4) is 0 Å². The molecular weight excluding hydrogens is 236 g/mol. The molecule has 0 spiro atoms. The predicted molar refractivity (Wildman–Crippen MR) is 76.9 cm³/mol. The van der Waals surface area contributed by atoms with Crippen molar-refractivity contribution < 1.29 is 4.73 Å². The molecule has 3 heteroatoms. The minimum Gasteiger partial charge on any atom is -0.618 e. The first-order chi connectivity index (χ1) is 8.97. The Balaban J connectivity index is 2.40. The lowest BCUT2D eigenvalue weighted by Crippen LogP contribution is -2.29. The zero-order valence-electron chi connectivity index (χ0n) is 11.3. The molecule has 3 aromatic rings. The van der Waals surface area contributed by atoms with Gasteiger partial charge in [-0.15, -0.1) is 0 Å². The van der Waals surface area contributed by atoms with Crippen molar-refractivity contribution in [3.8, 4) is 0 Å². The van der Waals surface area contributed by atoms with Crippen molar-refractivity contribution in [3.63, 3.8) is 0 Å². The molecule has 19 heavy (non-hydrogen) atoms. The summed E-state index contributed by atoms with van der Waals surface area (Å²) in [6.07, 6.45) is 0. The van der Waals surface area contributed by atoms with Gasteiger partial charge in [0.25, 0.3) is 0 Å². The van der Waals surface area contributed by atoms with Crippen LogP contribution in [0, 0.1) is 5.21 Å². The van der Waals surface area contributed by atoms with Crippen LogP contribution in [-0.4, -0.2) is 4.98 Å². The van der Waals surface area contributed by atoms with Crippen LogP contribution in [-0.2, 0) is 5.41 Å². The maximum Gasteiger partial charge on any atom is 0.243 e. The van der Waals surface area contributed by atoms with Crippen LogP contribution in [0.2, 0.25) is 0 Å². The van der Waals surface area contributed by atoms with Crippen molar-refractivity contribution in [1.82, 2.24) is 4.98 Å². The molecule has 0 saturated heterocycles. The Bertz CT molecular complexity index is 773. The van der Waals surface area contributed by atoms with Gasteiger partial charge in [0.1, 0.15) is 11.0 Å². The Labute approximate surface area is 112 Å². The summed E-state index contributed by atoms with van der Waals surface area (Å²) in [5.41, 5.74) is 3.87. The van der Waals surface area contributed by atoms with Gasteiger partial charge in [0, 0.05) is 12.1 Å². The summed E-state index contributed by atoms with van der Waals surface area (Å²) in [7, 11) is 0. The molecule has 96 valence electrons. The van der Waals surface area contributed by atoms with Gasteiger partial charge in [0.15, 0.2) is 0 Å². The normalized spacial score (nSPS) is 12.2. The van der Waals surface area contributed by atoms with Crippen molar-refractivity contribution in [1.29, 1.82) is 0 Å². The van der Waals surface area contributed by atoms with E-state index in [0.717, 1.165) is 21.3 Å². The summed E-state index contributed by atoms with van der Waals surface area (Å²) in [6.45, 7) is 6.41. The van der Waals surface area contributed by atoms with Crippen LogP contribution in [0.5, 0.6) is 0 Å². The molecular formula is C16H16N2O. The van der Waals surface area contributed by atoms with E-state index in [9.17, 15) is 5.21 Å². The molecule has 2 aromatic carbocycles.